The fraction of sp³-hybridized carbons (Fsp3) is 0.316. The molecule has 0 bridgehead atoms. The van der Waals surface area contributed by atoms with Gasteiger partial charge in [0.05, 0.1) is 10.5 Å². The number of halogens is 1. The average Bonchev–Trinajstić information content (AvgIpc) is 3.11. The van der Waals surface area contributed by atoms with Gasteiger partial charge in [-0.25, -0.2) is 0 Å². The third kappa shape index (κ3) is 4.96. The molecule has 1 heterocycles. The molecule has 1 fully saturated rings. The fourth-order valence-corrected chi connectivity index (χ4v) is 3.15. The van der Waals surface area contributed by atoms with E-state index in [4.69, 9.17) is 4.74 Å². The summed E-state index contributed by atoms with van der Waals surface area (Å²) >= 11 is 0. The van der Waals surface area contributed by atoms with Gasteiger partial charge in [-0.1, -0.05) is 18.2 Å². The second-order valence-corrected chi connectivity index (χ2v) is 6.32. The molecule has 1 aliphatic heterocycles. The highest BCUT2D eigenvalue weighted by atomic mass is 35.5. The van der Waals surface area contributed by atoms with Gasteiger partial charge < -0.3 is 15.0 Å². The van der Waals surface area contributed by atoms with Gasteiger partial charge in [0.1, 0.15) is 11.5 Å². The lowest BCUT2D eigenvalue weighted by molar-refractivity contribution is -0.384. The smallest absolute Gasteiger partial charge is 0.270 e. The van der Waals surface area contributed by atoms with Gasteiger partial charge in [0.2, 0.25) is 0 Å². The SMILES string of the molecule is CNCC1CCN(C(=O)c2cc([N+](=O)[O-])ccc2Oc2ccccc2)C1.Cl. The number of non-ortho nitro benzene ring substituents is 1. The Bertz CT molecular complexity index is 801. The zero-order valence-corrected chi connectivity index (χ0v) is 15.8. The molecule has 1 atom stereocenters. The normalized spacial score (nSPS) is 15.9. The molecule has 1 unspecified atom stereocenters. The Hall–Kier alpha value is -2.64. The molecule has 2 aromatic rings. The van der Waals surface area contributed by atoms with Gasteiger partial charge in [-0.15, -0.1) is 12.4 Å². The van der Waals surface area contributed by atoms with Crippen molar-refractivity contribution < 1.29 is 14.5 Å². The number of hydrogen-bond donors (Lipinski definition) is 1. The average molecular weight is 392 g/mol. The van der Waals surface area contributed by atoms with Gasteiger partial charge in [0.15, 0.2) is 0 Å². The van der Waals surface area contributed by atoms with Gasteiger partial charge in [-0.3, -0.25) is 14.9 Å². The number of benzene rings is 2. The van der Waals surface area contributed by atoms with Crippen molar-refractivity contribution in [3.63, 3.8) is 0 Å². The highest BCUT2D eigenvalue weighted by Crippen LogP contribution is 2.31. The fourth-order valence-electron chi connectivity index (χ4n) is 3.15. The topological polar surface area (TPSA) is 84.7 Å². The molecule has 0 spiro atoms. The second-order valence-electron chi connectivity index (χ2n) is 6.32. The van der Waals surface area contributed by atoms with Crippen LogP contribution in [0.3, 0.4) is 0 Å². The van der Waals surface area contributed by atoms with E-state index in [9.17, 15) is 14.9 Å². The Kier molecular flexibility index (Phi) is 7.15. The molecule has 2 aromatic carbocycles. The number of carbonyl (C=O) groups excluding carboxylic acids is 1. The van der Waals surface area contributed by atoms with Crippen molar-refractivity contribution in [3.8, 4) is 11.5 Å². The number of nitrogens with one attached hydrogen (secondary N) is 1. The van der Waals surface area contributed by atoms with E-state index < -0.39 is 4.92 Å². The minimum Gasteiger partial charge on any atom is -0.457 e. The first-order valence-electron chi connectivity index (χ1n) is 8.53. The van der Waals surface area contributed by atoms with Crippen LogP contribution < -0.4 is 10.1 Å². The molecular weight excluding hydrogens is 370 g/mol. The standard InChI is InChI=1S/C19H21N3O4.ClH/c1-20-12-14-9-10-21(13-14)19(23)17-11-15(22(24)25)7-8-18(17)26-16-5-3-2-4-6-16;/h2-8,11,14,20H,9-10,12-13H2,1H3;1H. The molecule has 144 valence electrons. The van der Waals surface area contributed by atoms with Gasteiger partial charge in [-0.05, 0) is 44.1 Å². The van der Waals surface area contributed by atoms with E-state index in [1.807, 2.05) is 25.2 Å². The largest absolute Gasteiger partial charge is 0.457 e. The number of ether oxygens (including phenoxy) is 1. The second kappa shape index (κ2) is 9.34. The third-order valence-corrected chi connectivity index (χ3v) is 4.44. The summed E-state index contributed by atoms with van der Waals surface area (Å²) in [5.74, 6) is 1.05. The molecule has 1 amide bonds. The lowest BCUT2D eigenvalue weighted by Gasteiger charge is -2.18. The van der Waals surface area contributed by atoms with E-state index in [1.54, 1.807) is 17.0 Å². The first-order chi connectivity index (χ1) is 12.6. The van der Waals surface area contributed by atoms with Crippen molar-refractivity contribution in [2.75, 3.05) is 26.7 Å². The monoisotopic (exact) mass is 391 g/mol. The quantitative estimate of drug-likeness (QED) is 0.601. The summed E-state index contributed by atoms with van der Waals surface area (Å²) in [5, 5.41) is 14.3. The van der Waals surface area contributed by atoms with Crippen LogP contribution >= 0.6 is 12.4 Å². The highest BCUT2D eigenvalue weighted by Gasteiger charge is 2.29. The molecule has 0 radical (unpaired) electrons. The van der Waals surface area contributed by atoms with Crippen molar-refractivity contribution >= 4 is 24.0 Å². The van der Waals surface area contributed by atoms with E-state index in [-0.39, 0.29) is 29.6 Å². The predicted molar refractivity (Wildman–Crippen MR) is 105 cm³/mol. The number of nitro groups is 1. The Morgan fingerprint density at radius 2 is 2.04 bits per heavy atom. The van der Waals surface area contributed by atoms with E-state index in [0.29, 0.717) is 30.5 Å². The van der Waals surface area contributed by atoms with Crippen molar-refractivity contribution in [1.29, 1.82) is 0 Å². The summed E-state index contributed by atoms with van der Waals surface area (Å²) in [6.45, 7) is 2.11. The molecule has 0 aromatic heterocycles. The van der Waals surface area contributed by atoms with E-state index in [2.05, 4.69) is 5.32 Å². The Balaban J connectivity index is 0.00000261. The summed E-state index contributed by atoms with van der Waals surface area (Å²) in [6, 6.07) is 13.2. The Morgan fingerprint density at radius 3 is 2.70 bits per heavy atom. The van der Waals surface area contributed by atoms with Crippen molar-refractivity contribution in [1.82, 2.24) is 10.2 Å². The van der Waals surface area contributed by atoms with Crippen LogP contribution in [-0.2, 0) is 0 Å². The minimum absolute atomic E-state index is 0. The number of likely N-dealkylation sites (tertiary alicyclic amines) is 1. The number of para-hydroxylation sites is 1. The number of amides is 1. The molecule has 1 saturated heterocycles. The Labute approximate surface area is 163 Å². The molecule has 27 heavy (non-hydrogen) atoms. The van der Waals surface area contributed by atoms with Crippen LogP contribution in [0.2, 0.25) is 0 Å². The van der Waals surface area contributed by atoms with E-state index in [1.165, 1.54) is 18.2 Å². The van der Waals surface area contributed by atoms with E-state index >= 15 is 0 Å². The molecule has 7 nitrogen and oxygen atoms in total. The molecule has 1 aliphatic rings. The van der Waals surface area contributed by atoms with Crippen LogP contribution in [0.5, 0.6) is 11.5 Å². The molecule has 0 aliphatic carbocycles. The summed E-state index contributed by atoms with van der Waals surface area (Å²) < 4.78 is 5.82. The first kappa shape index (κ1) is 20.7. The third-order valence-electron chi connectivity index (χ3n) is 4.44. The number of carbonyl (C=O) groups is 1. The van der Waals surface area contributed by atoms with Crippen LogP contribution in [0.1, 0.15) is 16.8 Å². The Morgan fingerprint density at radius 1 is 1.30 bits per heavy atom. The predicted octanol–water partition coefficient (Wildman–Crippen LogP) is 3.49. The van der Waals surface area contributed by atoms with Crippen molar-refractivity contribution in [2.24, 2.45) is 5.92 Å². The lowest BCUT2D eigenvalue weighted by atomic mass is 10.1. The number of rotatable bonds is 6. The van der Waals surface area contributed by atoms with Crippen molar-refractivity contribution in [2.45, 2.75) is 6.42 Å². The summed E-state index contributed by atoms with van der Waals surface area (Å²) in [7, 11) is 1.89. The first-order valence-corrected chi connectivity index (χ1v) is 8.53. The number of hydrogen-bond acceptors (Lipinski definition) is 5. The zero-order chi connectivity index (χ0) is 18.5. The van der Waals surface area contributed by atoms with Crippen LogP contribution in [0.4, 0.5) is 5.69 Å². The molecule has 1 N–H and O–H groups in total. The zero-order valence-electron chi connectivity index (χ0n) is 15.0. The molecule has 0 saturated carbocycles. The number of nitro benzene ring substituents is 1. The number of nitrogens with zero attached hydrogens (tertiary/aromatic N) is 2. The molecule has 8 heteroatoms. The summed E-state index contributed by atoms with van der Waals surface area (Å²) in [6.07, 6.45) is 0.913. The maximum absolute atomic E-state index is 13.0. The van der Waals surface area contributed by atoms with Crippen LogP contribution in [0.15, 0.2) is 48.5 Å². The summed E-state index contributed by atoms with van der Waals surface area (Å²) in [4.78, 5) is 25.4. The van der Waals surface area contributed by atoms with E-state index in [0.717, 1.165) is 13.0 Å². The van der Waals surface area contributed by atoms with Gasteiger partial charge in [0.25, 0.3) is 11.6 Å². The molecule has 3 rings (SSSR count). The minimum atomic E-state index is -0.503. The van der Waals surface area contributed by atoms with Gasteiger partial charge >= 0.3 is 0 Å². The molecular formula is C19H22ClN3O4. The highest BCUT2D eigenvalue weighted by molar-refractivity contribution is 5.98. The van der Waals surface area contributed by atoms with Crippen LogP contribution in [0.25, 0.3) is 0 Å². The maximum atomic E-state index is 13.0. The van der Waals surface area contributed by atoms with Gasteiger partial charge in [-0.2, -0.15) is 0 Å². The van der Waals surface area contributed by atoms with Crippen LogP contribution in [0, 0.1) is 16.0 Å². The van der Waals surface area contributed by atoms with Crippen LogP contribution in [-0.4, -0.2) is 42.4 Å². The summed E-state index contributed by atoms with van der Waals surface area (Å²) in [5.41, 5.74) is 0.0906. The van der Waals surface area contributed by atoms with Gasteiger partial charge in [0, 0.05) is 25.2 Å². The lowest BCUT2D eigenvalue weighted by Crippen LogP contribution is -2.30. The van der Waals surface area contributed by atoms with Crippen molar-refractivity contribution in [3.05, 3.63) is 64.2 Å². The maximum Gasteiger partial charge on any atom is 0.270 e.